The van der Waals surface area contributed by atoms with Crippen molar-refractivity contribution in [2.75, 3.05) is 13.2 Å². The molecule has 0 aromatic rings. The Hall–Kier alpha value is -5.00. The molecule has 0 aliphatic carbocycles. The molecule has 0 bridgehead atoms. The van der Waals surface area contributed by atoms with Crippen LogP contribution in [0.3, 0.4) is 0 Å². The number of aliphatic hydroxyl groups is 1. The Kier molecular flexibility index (Phi) is 60.1. The predicted octanol–water partition coefficient (Wildman–Crippen LogP) is 21.1. The van der Waals surface area contributed by atoms with Crippen molar-refractivity contribution in [3.05, 3.63) is 182 Å². The lowest BCUT2D eigenvalue weighted by atomic mass is 10.1. The molecule has 424 valence electrons. The van der Waals surface area contributed by atoms with Gasteiger partial charge in [-0.1, -0.05) is 267 Å². The monoisotopic (exact) mass is 1040 g/mol. The first-order chi connectivity index (χ1) is 37.6. The van der Waals surface area contributed by atoms with E-state index >= 15 is 0 Å². The standard InChI is InChI=1S/C71H110O5/c1-3-5-7-9-11-13-15-17-19-21-23-25-27-29-30-31-32-33-34-35-36-37-38-39-40-42-44-46-48-50-52-54-56-58-60-62-64-66-71(74)76-69(67-72)68-75-70(73)65-63-61-59-57-55-53-51-49-47-45-43-41-28-26-24-22-20-18-16-14-12-10-8-6-4-2/h5-8,11-14,17-20,23-26,29-30,32-33,35-36,38-39,41-44,47,49,69,72H,3-4,9-10,15-16,21-22,27-28,31,34,37,40,45-46,48,50-68H2,1-2H3/b7-5-,8-6-,13-11-,14-12-,19-17-,20-18-,25-23-,26-24-,30-29-,33-32-,36-35-,39-38-,43-41-,44-42-,49-47-. The first-order valence-electron chi connectivity index (χ1n) is 30.3. The van der Waals surface area contributed by atoms with Crippen molar-refractivity contribution in [3.8, 4) is 0 Å². The van der Waals surface area contributed by atoms with Crippen LogP contribution in [0.1, 0.15) is 232 Å². The average Bonchev–Trinajstić information content (AvgIpc) is 3.42. The summed E-state index contributed by atoms with van der Waals surface area (Å²) in [5, 5.41) is 9.67. The first kappa shape index (κ1) is 71.0. The molecule has 0 saturated heterocycles. The van der Waals surface area contributed by atoms with Crippen LogP contribution >= 0.6 is 0 Å². The van der Waals surface area contributed by atoms with E-state index in [9.17, 15) is 14.7 Å². The summed E-state index contributed by atoms with van der Waals surface area (Å²) in [7, 11) is 0. The Labute approximate surface area is 467 Å². The number of hydrogen-bond acceptors (Lipinski definition) is 5. The van der Waals surface area contributed by atoms with Gasteiger partial charge in [0.2, 0.25) is 0 Å². The minimum Gasteiger partial charge on any atom is -0.462 e. The van der Waals surface area contributed by atoms with E-state index in [2.05, 4.69) is 196 Å². The van der Waals surface area contributed by atoms with Gasteiger partial charge in [-0.25, -0.2) is 0 Å². The molecule has 0 amide bonds. The van der Waals surface area contributed by atoms with Gasteiger partial charge < -0.3 is 14.6 Å². The minimum absolute atomic E-state index is 0.0882. The van der Waals surface area contributed by atoms with E-state index in [-0.39, 0.29) is 25.2 Å². The molecule has 5 heteroatoms. The highest BCUT2D eigenvalue weighted by molar-refractivity contribution is 5.70. The maximum absolute atomic E-state index is 12.3. The number of hydrogen-bond donors (Lipinski definition) is 1. The van der Waals surface area contributed by atoms with E-state index in [0.717, 1.165) is 148 Å². The fourth-order valence-corrected chi connectivity index (χ4v) is 7.73. The van der Waals surface area contributed by atoms with Crippen molar-refractivity contribution in [1.82, 2.24) is 0 Å². The van der Waals surface area contributed by atoms with E-state index in [1.807, 2.05) is 0 Å². The lowest BCUT2D eigenvalue weighted by Gasteiger charge is -2.15. The van der Waals surface area contributed by atoms with Gasteiger partial charge >= 0.3 is 11.9 Å². The molecule has 0 spiro atoms. The lowest BCUT2D eigenvalue weighted by Crippen LogP contribution is -2.28. The van der Waals surface area contributed by atoms with Crippen LogP contribution in [0.4, 0.5) is 0 Å². The van der Waals surface area contributed by atoms with Crippen LogP contribution in [0.25, 0.3) is 0 Å². The van der Waals surface area contributed by atoms with Crippen LogP contribution < -0.4 is 0 Å². The highest BCUT2D eigenvalue weighted by Crippen LogP contribution is 2.14. The molecule has 0 saturated carbocycles. The summed E-state index contributed by atoms with van der Waals surface area (Å²) < 4.78 is 10.7. The van der Waals surface area contributed by atoms with Gasteiger partial charge in [0.05, 0.1) is 6.61 Å². The fraction of sp³-hybridized carbons (Fsp3) is 0.549. The molecule has 1 unspecified atom stereocenters. The average molecular weight is 1040 g/mol. The smallest absolute Gasteiger partial charge is 0.306 e. The number of carbonyl (C=O) groups excluding carboxylic acids is 2. The number of unbranched alkanes of at least 4 members (excludes halogenated alkanes) is 15. The van der Waals surface area contributed by atoms with Crippen LogP contribution in [0.15, 0.2) is 182 Å². The van der Waals surface area contributed by atoms with Crippen molar-refractivity contribution in [3.63, 3.8) is 0 Å². The first-order valence-corrected chi connectivity index (χ1v) is 30.3. The third-order valence-corrected chi connectivity index (χ3v) is 12.2. The molecule has 0 aliphatic rings. The van der Waals surface area contributed by atoms with E-state index < -0.39 is 6.10 Å². The zero-order valence-electron chi connectivity index (χ0n) is 48.4. The van der Waals surface area contributed by atoms with Crippen molar-refractivity contribution >= 4 is 11.9 Å². The Bertz CT molecular complexity index is 1750. The number of allylic oxidation sites excluding steroid dienone is 30. The molecule has 0 fully saturated rings. The number of esters is 2. The van der Waals surface area contributed by atoms with Crippen LogP contribution in [-0.2, 0) is 19.1 Å². The zero-order chi connectivity index (χ0) is 54.8. The van der Waals surface area contributed by atoms with Crippen molar-refractivity contribution in [2.45, 2.75) is 238 Å². The summed E-state index contributed by atoms with van der Waals surface area (Å²) in [5.74, 6) is -0.627. The lowest BCUT2D eigenvalue weighted by molar-refractivity contribution is -0.161. The van der Waals surface area contributed by atoms with Gasteiger partial charge in [-0.3, -0.25) is 9.59 Å². The fourth-order valence-electron chi connectivity index (χ4n) is 7.73. The minimum atomic E-state index is -0.798. The normalized spacial score (nSPS) is 13.6. The highest BCUT2D eigenvalue weighted by atomic mass is 16.6. The third kappa shape index (κ3) is 61.5. The zero-order valence-corrected chi connectivity index (χ0v) is 48.4. The summed E-state index contributed by atoms with van der Waals surface area (Å²) >= 11 is 0. The number of aliphatic hydroxyl groups excluding tert-OH is 1. The number of rotatable bonds is 53. The van der Waals surface area contributed by atoms with Crippen LogP contribution in [-0.4, -0.2) is 36.4 Å². The van der Waals surface area contributed by atoms with Gasteiger partial charge in [-0.2, -0.15) is 0 Å². The summed E-state index contributed by atoms with van der Waals surface area (Å²) in [6, 6.07) is 0. The summed E-state index contributed by atoms with van der Waals surface area (Å²) in [6.07, 6.45) is 101. The quantitative estimate of drug-likeness (QED) is 0.0373. The Balaban J connectivity index is 3.63. The molecule has 0 heterocycles. The number of ether oxygens (including phenoxy) is 2. The number of carbonyl (C=O) groups is 2. The SMILES string of the molecule is CC/C=C\C/C=C\C/C=C\C/C=C\C/C=C\C/C=C\C/C=C\C/C=C\C/C=C\CCCCCCCCCCCC(=O)OC(CO)COC(=O)CCCCCCCC/C=C\C/C=C\C/C=C\C/C=C\C/C=C\C/C=C\CC. The van der Waals surface area contributed by atoms with Gasteiger partial charge in [0.1, 0.15) is 6.61 Å². The largest absolute Gasteiger partial charge is 0.462 e. The molecule has 0 aromatic carbocycles. The molecule has 0 aliphatic heterocycles. The topological polar surface area (TPSA) is 72.8 Å². The van der Waals surface area contributed by atoms with Crippen molar-refractivity contribution < 1.29 is 24.2 Å². The Morgan fingerprint density at radius 3 is 0.789 bits per heavy atom. The summed E-state index contributed by atoms with van der Waals surface area (Å²) in [6.45, 7) is 3.88. The van der Waals surface area contributed by atoms with E-state index in [1.54, 1.807) is 0 Å². The summed E-state index contributed by atoms with van der Waals surface area (Å²) in [4.78, 5) is 24.6. The van der Waals surface area contributed by atoms with Crippen LogP contribution in [0, 0.1) is 0 Å². The van der Waals surface area contributed by atoms with Gasteiger partial charge in [-0.05, 0) is 135 Å². The van der Waals surface area contributed by atoms with Gasteiger partial charge in [-0.15, -0.1) is 0 Å². The summed E-state index contributed by atoms with van der Waals surface area (Å²) in [5.41, 5.74) is 0. The molecule has 5 nitrogen and oxygen atoms in total. The van der Waals surface area contributed by atoms with Crippen LogP contribution in [0.2, 0.25) is 0 Å². The third-order valence-electron chi connectivity index (χ3n) is 12.2. The van der Waals surface area contributed by atoms with Crippen molar-refractivity contribution in [2.24, 2.45) is 0 Å². The second-order valence-electron chi connectivity index (χ2n) is 19.3. The molecule has 0 aromatic heterocycles. The van der Waals surface area contributed by atoms with Crippen LogP contribution in [0.5, 0.6) is 0 Å². The van der Waals surface area contributed by atoms with E-state index in [4.69, 9.17) is 9.47 Å². The predicted molar refractivity (Wildman–Crippen MR) is 333 cm³/mol. The van der Waals surface area contributed by atoms with Gasteiger partial charge in [0, 0.05) is 12.8 Å². The molecule has 1 N–H and O–H groups in total. The highest BCUT2D eigenvalue weighted by Gasteiger charge is 2.16. The molecule has 1 atom stereocenters. The van der Waals surface area contributed by atoms with Gasteiger partial charge in [0.15, 0.2) is 6.10 Å². The van der Waals surface area contributed by atoms with E-state index in [1.165, 1.54) is 57.8 Å². The second-order valence-corrected chi connectivity index (χ2v) is 19.3. The maximum atomic E-state index is 12.3. The Morgan fingerprint density at radius 1 is 0.303 bits per heavy atom. The maximum Gasteiger partial charge on any atom is 0.306 e. The molecular formula is C71H110O5. The molecule has 0 rings (SSSR count). The van der Waals surface area contributed by atoms with E-state index in [0.29, 0.717) is 12.8 Å². The van der Waals surface area contributed by atoms with Gasteiger partial charge in [0.25, 0.3) is 0 Å². The Morgan fingerprint density at radius 2 is 0.526 bits per heavy atom. The van der Waals surface area contributed by atoms with Crippen molar-refractivity contribution in [1.29, 1.82) is 0 Å². The molecular weight excluding hydrogens is 933 g/mol. The molecule has 0 radical (unpaired) electrons. The molecule has 76 heavy (non-hydrogen) atoms. The second kappa shape index (κ2) is 64.3.